The van der Waals surface area contributed by atoms with Crippen LogP contribution in [0.15, 0.2) is 35.7 Å². The number of rotatable bonds is 3. The second-order valence-electron chi connectivity index (χ2n) is 4.54. The molecule has 4 heteroatoms. The molecule has 19 heavy (non-hydrogen) atoms. The molecule has 0 amide bonds. The van der Waals surface area contributed by atoms with Crippen LogP contribution in [0.3, 0.4) is 0 Å². The molecule has 96 valence electrons. The van der Waals surface area contributed by atoms with E-state index in [1.54, 1.807) is 29.5 Å². The first-order valence-electron chi connectivity index (χ1n) is 6.04. The number of phenols is 1. The Balaban J connectivity index is 2.21. The fourth-order valence-electron chi connectivity index (χ4n) is 2.37. The molecule has 0 aliphatic rings. The van der Waals surface area contributed by atoms with E-state index in [1.165, 1.54) is 4.88 Å². The molecule has 3 aromatic rings. The minimum atomic E-state index is 0.134. The summed E-state index contributed by atoms with van der Waals surface area (Å²) in [4.78, 5) is 15.9. The standard InChI is InChI=1S/C15H13NO2S/c1-9(14-3-2-6-19-14)15-12(8-17)11-7-10(18)4-5-13(11)16-15/h2-9,16,18H,1H3. The number of carbonyl (C=O) groups excluding carboxylic acids is 1. The molecule has 0 fully saturated rings. The van der Waals surface area contributed by atoms with Crippen LogP contribution in [0.5, 0.6) is 5.75 Å². The SMILES string of the molecule is CC(c1cccs1)c1[nH]c2ccc(O)cc2c1C=O. The highest BCUT2D eigenvalue weighted by Gasteiger charge is 2.18. The van der Waals surface area contributed by atoms with Gasteiger partial charge in [0.1, 0.15) is 5.75 Å². The first kappa shape index (κ1) is 12.0. The molecule has 0 saturated carbocycles. The number of hydrogen-bond acceptors (Lipinski definition) is 3. The van der Waals surface area contributed by atoms with Crippen molar-refractivity contribution in [2.45, 2.75) is 12.8 Å². The summed E-state index contributed by atoms with van der Waals surface area (Å²) in [6.07, 6.45) is 0.859. The Hall–Kier alpha value is -2.07. The van der Waals surface area contributed by atoms with Gasteiger partial charge in [-0.25, -0.2) is 0 Å². The maximum absolute atomic E-state index is 11.4. The van der Waals surface area contributed by atoms with Gasteiger partial charge in [0.15, 0.2) is 6.29 Å². The Kier molecular flexibility index (Phi) is 2.87. The number of aromatic nitrogens is 1. The molecule has 0 saturated heterocycles. The molecule has 1 atom stereocenters. The summed E-state index contributed by atoms with van der Waals surface area (Å²) in [6.45, 7) is 2.07. The van der Waals surface area contributed by atoms with Crippen molar-refractivity contribution in [1.82, 2.24) is 4.98 Å². The second-order valence-corrected chi connectivity index (χ2v) is 5.52. The summed E-state index contributed by atoms with van der Waals surface area (Å²) in [5.74, 6) is 0.305. The molecule has 0 aliphatic carbocycles. The van der Waals surface area contributed by atoms with Gasteiger partial charge in [0.05, 0.1) is 0 Å². The quantitative estimate of drug-likeness (QED) is 0.710. The molecule has 3 rings (SSSR count). The summed E-state index contributed by atoms with van der Waals surface area (Å²) in [5.41, 5.74) is 2.41. The number of aromatic hydroxyl groups is 1. The average molecular weight is 271 g/mol. The smallest absolute Gasteiger partial charge is 0.152 e. The van der Waals surface area contributed by atoms with E-state index < -0.39 is 0 Å². The van der Waals surface area contributed by atoms with Crippen molar-refractivity contribution in [2.24, 2.45) is 0 Å². The molecular weight excluding hydrogens is 258 g/mol. The number of aromatic amines is 1. The van der Waals surface area contributed by atoms with Gasteiger partial charge in [-0.3, -0.25) is 4.79 Å². The van der Waals surface area contributed by atoms with Crippen LogP contribution in [0, 0.1) is 0 Å². The first-order valence-corrected chi connectivity index (χ1v) is 6.92. The van der Waals surface area contributed by atoms with E-state index in [4.69, 9.17) is 0 Å². The van der Waals surface area contributed by atoms with Crippen LogP contribution >= 0.6 is 11.3 Å². The van der Waals surface area contributed by atoms with Gasteiger partial charge in [-0.2, -0.15) is 0 Å². The highest BCUT2D eigenvalue weighted by Crippen LogP contribution is 2.33. The molecule has 0 spiro atoms. The van der Waals surface area contributed by atoms with E-state index in [1.807, 2.05) is 11.4 Å². The number of aldehydes is 1. The zero-order valence-electron chi connectivity index (χ0n) is 10.4. The van der Waals surface area contributed by atoms with E-state index in [0.29, 0.717) is 5.56 Å². The lowest BCUT2D eigenvalue weighted by Crippen LogP contribution is -1.97. The minimum absolute atomic E-state index is 0.134. The molecule has 0 bridgehead atoms. The number of phenolic OH excluding ortho intramolecular Hbond substituents is 1. The summed E-state index contributed by atoms with van der Waals surface area (Å²) in [6, 6.07) is 9.11. The van der Waals surface area contributed by atoms with Crippen molar-refractivity contribution in [3.63, 3.8) is 0 Å². The summed E-state index contributed by atoms with van der Waals surface area (Å²) < 4.78 is 0. The van der Waals surface area contributed by atoms with Gasteiger partial charge in [0.2, 0.25) is 0 Å². The lowest BCUT2D eigenvalue weighted by Gasteiger charge is -2.08. The first-order chi connectivity index (χ1) is 9.20. The second kappa shape index (κ2) is 4.55. The third kappa shape index (κ3) is 1.94. The van der Waals surface area contributed by atoms with Gasteiger partial charge in [-0.15, -0.1) is 11.3 Å². The van der Waals surface area contributed by atoms with E-state index in [2.05, 4.69) is 18.0 Å². The van der Waals surface area contributed by atoms with Crippen molar-refractivity contribution in [2.75, 3.05) is 0 Å². The van der Waals surface area contributed by atoms with E-state index in [-0.39, 0.29) is 11.7 Å². The molecule has 2 aromatic heterocycles. The minimum Gasteiger partial charge on any atom is -0.508 e. The lowest BCUT2D eigenvalue weighted by atomic mass is 10.0. The number of fused-ring (bicyclic) bond motifs is 1. The maximum Gasteiger partial charge on any atom is 0.152 e. The van der Waals surface area contributed by atoms with Gasteiger partial charge in [-0.1, -0.05) is 13.0 Å². The Morgan fingerprint density at radius 1 is 1.37 bits per heavy atom. The number of thiophene rings is 1. The molecule has 2 N–H and O–H groups in total. The van der Waals surface area contributed by atoms with Crippen LogP contribution in [0.2, 0.25) is 0 Å². The van der Waals surface area contributed by atoms with E-state index >= 15 is 0 Å². The molecule has 0 aliphatic heterocycles. The molecule has 2 heterocycles. The third-order valence-electron chi connectivity index (χ3n) is 3.37. The molecule has 1 unspecified atom stereocenters. The summed E-state index contributed by atoms with van der Waals surface area (Å²) in [7, 11) is 0. The Labute approximate surface area is 114 Å². The van der Waals surface area contributed by atoms with Gasteiger partial charge < -0.3 is 10.1 Å². The predicted molar refractivity (Wildman–Crippen MR) is 77.2 cm³/mol. The number of H-pyrrole nitrogens is 1. The van der Waals surface area contributed by atoms with Crippen LogP contribution in [0.1, 0.15) is 33.8 Å². The number of benzene rings is 1. The summed E-state index contributed by atoms with van der Waals surface area (Å²) in [5, 5.41) is 12.4. The highest BCUT2D eigenvalue weighted by atomic mass is 32.1. The van der Waals surface area contributed by atoms with Gasteiger partial charge in [-0.05, 0) is 29.6 Å². The van der Waals surface area contributed by atoms with Crippen LogP contribution in [0.25, 0.3) is 10.9 Å². The number of hydrogen-bond donors (Lipinski definition) is 2. The average Bonchev–Trinajstić information content (AvgIpc) is 3.04. The van der Waals surface area contributed by atoms with Crippen LogP contribution in [0.4, 0.5) is 0 Å². The normalized spacial score (nSPS) is 12.7. The third-order valence-corrected chi connectivity index (χ3v) is 4.43. The predicted octanol–water partition coefficient (Wildman–Crippen LogP) is 3.90. The molecule has 0 radical (unpaired) electrons. The zero-order chi connectivity index (χ0) is 13.4. The maximum atomic E-state index is 11.4. The Bertz CT molecular complexity index is 728. The van der Waals surface area contributed by atoms with Gasteiger partial charge in [0.25, 0.3) is 0 Å². The van der Waals surface area contributed by atoms with Crippen molar-refractivity contribution >= 4 is 28.5 Å². The van der Waals surface area contributed by atoms with E-state index in [9.17, 15) is 9.90 Å². The van der Waals surface area contributed by atoms with Crippen LogP contribution < -0.4 is 0 Å². The van der Waals surface area contributed by atoms with Crippen molar-refractivity contribution < 1.29 is 9.90 Å². The summed E-state index contributed by atoms with van der Waals surface area (Å²) >= 11 is 1.67. The largest absolute Gasteiger partial charge is 0.508 e. The molecule has 1 aromatic carbocycles. The number of carbonyl (C=O) groups is 1. The number of nitrogens with one attached hydrogen (secondary N) is 1. The Morgan fingerprint density at radius 3 is 2.89 bits per heavy atom. The highest BCUT2D eigenvalue weighted by molar-refractivity contribution is 7.10. The van der Waals surface area contributed by atoms with Crippen molar-refractivity contribution in [3.05, 3.63) is 51.8 Å². The monoisotopic (exact) mass is 271 g/mol. The molecule has 3 nitrogen and oxygen atoms in total. The zero-order valence-corrected chi connectivity index (χ0v) is 11.2. The molecular formula is C15H13NO2S. The Morgan fingerprint density at radius 2 is 2.21 bits per heavy atom. The van der Waals surface area contributed by atoms with Gasteiger partial charge in [0, 0.05) is 33.0 Å². The topological polar surface area (TPSA) is 53.1 Å². The van der Waals surface area contributed by atoms with Crippen LogP contribution in [-0.4, -0.2) is 16.4 Å². The van der Waals surface area contributed by atoms with E-state index in [0.717, 1.165) is 22.9 Å². The fraction of sp³-hybridized carbons (Fsp3) is 0.133. The van der Waals surface area contributed by atoms with Gasteiger partial charge >= 0.3 is 0 Å². The fourth-order valence-corrected chi connectivity index (χ4v) is 3.16. The van der Waals surface area contributed by atoms with Crippen LogP contribution in [-0.2, 0) is 0 Å². The van der Waals surface area contributed by atoms with Crippen molar-refractivity contribution in [3.8, 4) is 5.75 Å². The van der Waals surface area contributed by atoms with Crippen molar-refractivity contribution in [1.29, 1.82) is 0 Å². The lowest BCUT2D eigenvalue weighted by molar-refractivity contribution is 0.112.